The molecular formula is C15H18ClNS. The van der Waals surface area contributed by atoms with Gasteiger partial charge in [0.05, 0.1) is 6.04 Å². The van der Waals surface area contributed by atoms with Crippen molar-refractivity contribution in [2.24, 2.45) is 0 Å². The standard InChI is InChI=1S/C15H18ClNS/c1-3-8-17-15(14-5-4-9-18-14)12-7-6-11(2)13(16)10-12/h4-7,9-10,15,17H,3,8H2,1-2H3. The predicted molar refractivity (Wildman–Crippen MR) is 80.6 cm³/mol. The first-order chi connectivity index (χ1) is 8.72. The third kappa shape index (κ3) is 3.14. The van der Waals surface area contributed by atoms with Crippen LogP contribution in [0.5, 0.6) is 0 Å². The van der Waals surface area contributed by atoms with Gasteiger partial charge in [-0.15, -0.1) is 11.3 Å². The Kier molecular flexibility index (Phi) is 4.81. The van der Waals surface area contributed by atoms with Crippen molar-refractivity contribution < 1.29 is 0 Å². The lowest BCUT2D eigenvalue weighted by Crippen LogP contribution is -2.22. The Bertz CT molecular complexity index is 493. The molecule has 0 aliphatic carbocycles. The predicted octanol–water partition coefficient (Wildman–Crippen LogP) is 4.80. The second kappa shape index (κ2) is 6.37. The fraction of sp³-hybridized carbons (Fsp3) is 0.333. The lowest BCUT2D eigenvalue weighted by atomic mass is 10.0. The van der Waals surface area contributed by atoms with Crippen LogP contribution in [0.25, 0.3) is 0 Å². The second-order valence-corrected chi connectivity index (χ2v) is 5.80. The third-order valence-electron chi connectivity index (χ3n) is 2.96. The van der Waals surface area contributed by atoms with Crippen molar-refractivity contribution in [1.82, 2.24) is 5.32 Å². The van der Waals surface area contributed by atoms with Crippen molar-refractivity contribution >= 4 is 22.9 Å². The molecule has 1 atom stereocenters. The summed E-state index contributed by atoms with van der Waals surface area (Å²) in [5.41, 5.74) is 2.36. The molecule has 2 aromatic rings. The number of nitrogens with one attached hydrogen (secondary N) is 1. The molecule has 1 N–H and O–H groups in total. The first kappa shape index (κ1) is 13.6. The Morgan fingerprint density at radius 2 is 2.17 bits per heavy atom. The van der Waals surface area contributed by atoms with E-state index in [-0.39, 0.29) is 6.04 Å². The molecule has 0 spiro atoms. The van der Waals surface area contributed by atoms with Crippen LogP contribution in [0.4, 0.5) is 0 Å². The minimum absolute atomic E-state index is 0.253. The van der Waals surface area contributed by atoms with E-state index in [1.54, 1.807) is 11.3 Å². The molecule has 0 bridgehead atoms. The number of halogens is 1. The molecular weight excluding hydrogens is 262 g/mol. The van der Waals surface area contributed by atoms with Crippen molar-refractivity contribution in [3.8, 4) is 0 Å². The summed E-state index contributed by atoms with van der Waals surface area (Å²) in [5, 5.41) is 6.54. The maximum atomic E-state index is 6.23. The molecule has 0 aliphatic heterocycles. The van der Waals surface area contributed by atoms with Crippen molar-refractivity contribution in [2.75, 3.05) is 6.54 Å². The highest BCUT2D eigenvalue weighted by atomic mass is 35.5. The largest absolute Gasteiger partial charge is 0.306 e. The number of hydrogen-bond acceptors (Lipinski definition) is 2. The summed E-state index contributed by atoms with van der Waals surface area (Å²) < 4.78 is 0. The van der Waals surface area contributed by atoms with E-state index in [9.17, 15) is 0 Å². The summed E-state index contributed by atoms with van der Waals surface area (Å²) >= 11 is 8.01. The number of thiophene rings is 1. The van der Waals surface area contributed by atoms with Crippen molar-refractivity contribution in [3.63, 3.8) is 0 Å². The fourth-order valence-corrected chi connectivity index (χ4v) is 2.93. The smallest absolute Gasteiger partial charge is 0.0671 e. The first-order valence-electron chi connectivity index (χ1n) is 6.25. The van der Waals surface area contributed by atoms with Gasteiger partial charge in [0, 0.05) is 9.90 Å². The van der Waals surface area contributed by atoms with E-state index in [1.165, 1.54) is 10.4 Å². The van der Waals surface area contributed by atoms with Gasteiger partial charge in [0.2, 0.25) is 0 Å². The lowest BCUT2D eigenvalue weighted by Gasteiger charge is -2.18. The summed E-state index contributed by atoms with van der Waals surface area (Å²) in [5.74, 6) is 0. The highest BCUT2D eigenvalue weighted by Crippen LogP contribution is 2.28. The molecule has 1 unspecified atom stereocenters. The van der Waals surface area contributed by atoms with Gasteiger partial charge in [-0.3, -0.25) is 0 Å². The summed E-state index contributed by atoms with van der Waals surface area (Å²) in [6.07, 6.45) is 1.13. The van der Waals surface area contributed by atoms with Crippen molar-refractivity contribution in [1.29, 1.82) is 0 Å². The summed E-state index contributed by atoms with van der Waals surface area (Å²) in [6.45, 7) is 5.22. The van der Waals surface area contributed by atoms with E-state index in [0.29, 0.717) is 0 Å². The molecule has 96 valence electrons. The van der Waals surface area contributed by atoms with Crippen LogP contribution in [0, 0.1) is 6.92 Å². The monoisotopic (exact) mass is 279 g/mol. The van der Waals surface area contributed by atoms with E-state index in [4.69, 9.17) is 11.6 Å². The maximum Gasteiger partial charge on any atom is 0.0671 e. The molecule has 2 rings (SSSR count). The van der Waals surface area contributed by atoms with Crippen LogP contribution >= 0.6 is 22.9 Å². The Labute approximate surface area is 118 Å². The zero-order valence-electron chi connectivity index (χ0n) is 10.7. The summed E-state index contributed by atoms with van der Waals surface area (Å²) in [4.78, 5) is 1.34. The Morgan fingerprint density at radius 3 is 2.78 bits per heavy atom. The van der Waals surface area contributed by atoms with E-state index >= 15 is 0 Å². The van der Waals surface area contributed by atoms with Crippen LogP contribution in [-0.4, -0.2) is 6.54 Å². The second-order valence-electron chi connectivity index (χ2n) is 4.41. The Balaban J connectivity index is 2.30. The third-order valence-corrected chi connectivity index (χ3v) is 4.30. The molecule has 18 heavy (non-hydrogen) atoms. The zero-order valence-corrected chi connectivity index (χ0v) is 12.3. The molecule has 1 aromatic heterocycles. The number of hydrogen-bond donors (Lipinski definition) is 1. The van der Waals surface area contributed by atoms with Crippen LogP contribution in [0.3, 0.4) is 0 Å². The number of benzene rings is 1. The Morgan fingerprint density at radius 1 is 1.33 bits per heavy atom. The van der Waals surface area contributed by atoms with Gasteiger partial charge in [-0.1, -0.05) is 36.7 Å². The van der Waals surface area contributed by atoms with E-state index < -0.39 is 0 Å². The molecule has 1 nitrogen and oxygen atoms in total. The van der Waals surface area contributed by atoms with Gasteiger partial charge in [0.15, 0.2) is 0 Å². The van der Waals surface area contributed by atoms with E-state index in [0.717, 1.165) is 23.6 Å². The average molecular weight is 280 g/mol. The highest BCUT2D eigenvalue weighted by molar-refractivity contribution is 7.10. The molecule has 0 amide bonds. The van der Waals surface area contributed by atoms with Gasteiger partial charge >= 0.3 is 0 Å². The molecule has 1 heterocycles. The quantitative estimate of drug-likeness (QED) is 0.829. The van der Waals surface area contributed by atoms with Crippen LogP contribution in [0.15, 0.2) is 35.7 Å². The number of rotatable bonds is 5. The number of aryl methyl sites for hydroxylation is 1. The summed E-state index contributed by atoms with van der Waals surface area (Å²) in [6, 6.07) is 10.8. The molecule has 0 fully saturated rings. The Hall–Kier alpha value is -0.830. The zero-order chi connectivity index (χ0) is 13.0. The minimum Gasteiger partial charge on any atom is -0.306 e. The van der Waals surface area contributed by atoms with Crippen LogP contribution in [0.2, 0.25) is 5.02 Å². The molecule has 0 saturated heterocycles. The van der Waals surface area contributed by atoms with Gasteiger partial charge in [0.1, 0.15) is 0 Å². The van der Waals surface area contributed by atoms with E-state index in [2.05, 4.69) is 48.0 Å². The fourth-order valence-electron chi connectivity index (χ4n) is 1.92. The van der Waals surface area contributed by atoms with Gasteiger partial charge in [-0.2, -0.15) is 0 Å². The molecule has 0 radical (unpaired) electrons. The SMILES string of the molecule is CCCNC(c1ccc(C)c(Cl)c1)c1cccs1. The highest BCUT2D eigenvalue weighted by Gasteiger charge is 2.14. The van der Waals surface area contributed by atoms with Crippen LogP contribution < -0.4 is 5.32 Å². The van der Waals surface area contributed by atoms with Crippen molar-refractivity contribution in [2.45, 2.75) is 26.3 Å². The summed E-state index contributed by atoms with van der Waals surface area (Å²) in [7, 11) is 0. The minimum atomic E-state index is 0.253. The lowest BCUT2D eigenvalue weighted by molar-refractivity contribution is 0.606. The van der Waals surface area contributed by atoms with Gasteiger partial charge in [0.25, 0.3) is 0 Å². The van der Waals surface area contributed by atoms with Crippen LogP contribution in [-0.2, 0) is 0 Å². The molecule has 0 saturated carbocycles. The van der Waals surface area contributed by atoms with Crippen LogP contribution in [0.1, 0.15) is 35.4 Å². The molecule has 3 heteroatoms. The van der Waals surface area contributed by atoms with Crippen molar-refractivity contribution in [3.05, 3.63) is 56.7 Å². The average Bonchev–Trinajstić information content (AvgIpc) is 2.88. The topological polar surface area (TPSA) is 12.0 Å². The normalized spacial score (nSPS) is 12.6. The molecule has 1 aromatic carbocycles. The first-order valence-corrected chi connectivity index (χ1v) is 7.51. The van der Waals surface area contributed by atoms with E-state index in [1.807, 2.05) is 6.92 Å². The van der Waals surface area contributed by atoms with Gasteiger partial charge in [-0.05, 0) is 48.5 Å². The van der Waals surface area contributed by atoms with Gasteiger partial charge in [-0.25, -0.2) is 0 Å². The van der Waals surface area contributed by atoms with Gasteiger partial charge < -0.3 is 5.32 Å². The molecule has 0 aliphatic rings. The maximum absolute atomic E-state index is 6.23.